The number of carbonyl (C=O) groups excluding carboxylic acids is 2. The first-order valence-electron chi connectivity index (χ1n) is 5.87. The molecule has 0 atom stereocenters. The average Bonchev–Trinajstić information content (AvgIpc) is 2.76. The van der Waals surface area contributed by atoms with E-state index < -0.39 is 11.9 Å². The van der Waals surface area contributed by atoms with Gasteiger partial charge in [0, 0.05) is 4.88 Å². The third-order valence-corrected chi connectivity index (χ3v) is 3.40. The number of methoxy groups -OCH3 is 1. The molecule has 0 radical (unpaired) electrons. The van der Waals surface area contributed by atoms with Crippen LogP contribution < -0.4 is 10.6 Å². The molecule has 1 aromatic rings. The van der Waals surface area contributed by atoms with Crippen molar-refractivity contribution in [3.8, 4) is 0 Å². The van der Waals surface area contributed by atoms with Crippen molar-refractivity contribution in [2.75, 3.05) is 25.6 Å². The second kappa shape index (κ2) is 7.81. The normalized spacial score (nSPS) is 9.75. The molecule has 6 nitrogen and oxygen atoms in total. The van der Waals surface area contributed by atoms with Gasteiger partial charge in [-0.3, -0.25) is 4.79 Å². The maximum Gasteiger partial charge on any atom is 0.340 e. The number of ether oxygens (including phenoxy) is 2. The lowest BCUT2D eigenvalue weighted by Gasteiger charge is -2.09. The molecule has 0 aromatic carbocycles. The second-order valence-corrected chi connectivity index (χ2v) is 5.37. The molecule has 1 heterocycles. The first-order chi connectivity index (χ1) is 9.47. The van der Waals surface area contributed by atoms with Crippen LogP contribution in [0, 0.1) is 6.92 Å². The molecule has 0 aliphatic heterocycles. The minimum Gasteiger partial charge on any atom is -0.465 e. The first-order valence-corrected chi connectivity index (χ1v) is 7.09. The van der Waals surface area contributed by atoms with Crippen molar-refractivity contribution in [3.63, 3.8) is 0 Å². The molecule has 0 saturated heterocycles. The Morgan fingerprint density at radius 2 is 2.15 bits per heavy atom. The summed E-state index contributed by atoms with van der Waals surface area (Å²) < 4.78 is 9.46. The standard InChI is InChI=1S/C12H16N2O4S2/c1-4-18-9(15)6-13-12(19)14-10-8(11(16)17-3)5-7(2)20-10/h5H,4,6H2,1-3H3,(H2,13,14,19). The van der Waals surface area contributed by atoms with E-state index in [1.54, 1.807) is 13.0 Å². The van der Waals surface area contributed by atoms with E-state index >= 15 is 0 Å². The summed E-state index contributed by atoms with van der Waals surface area (Å²) in [6, 6.07) is 1.72. The van der Waals surface area contributed by atoms with Crippen LogP contribution in [-0.4, -0.2) is 37.3 Å². The lowest BCUT2D eigenvalue weighted by molar-refractivity contribution is -0.141. The van der Waals surface area contributed by atoms with Crippen LogP contribution in [0.3, 0.4) is 0 Å². The van der Waals surface area contributed by atoms with Crippen molar-refractivity contribution < 1.29 is 19.1 Å². The van der Waals surface area contributed by atoms with Gasteiger partial charge >= 0.3 is 11.9 Å². The number of thiophene rings is 1. The van der Waals surface area contributed by atoms with Crippen molar-refractivity contribution in [3.05, 3.63) is 16.5 Å². The zero-order valence-electron chi connectivity index (χ0n) is 11.4. The van der Waals surface area contributed by atoms with Gasteiger partial charge in [-0.15, -0.1) is 11.3 Å². The number of hydrogen-bond acceptors (Lipinski definition) is 6. The van der Waals surface area contributed by atoms with Crippen LogP contribution >= 0.6 is 23.6 Å². The Morgan fingerprint density at radius 3 is 2.75 bits per heavy atom. The summed E-state index contributed by atoms with van der Waals surface area (Å²) in [6.07, 6.45) is 0. The molecule has 0 spiro atoms. The van der Waals surface area contributed by atoms with Gasteiger partial charge in [0.2, 0.25) is 0 Å². The number of hydrogen-bond donors (Lipinski definition) is 2. The van der Waals surface area contributed by atoms with E-state index in [0.717, 1.165) is 4.88 Å². The van der Waals surface area contributed by atoms with Crippen molar-refractivity contribution in [2.24, 2.45) is 0 Å². The zero-order valence-corrected chi connectivity index (χ0v) is 13.1. The number of aryl methyl sites for hydroxylation is 1. The molecule has 20 heavy (non-hydrogen) atoms. The Morgan fingerprint density at radius 1 is 1.45 bits per heavy atom. The van der Waals surface area contributed by atoms with Crippen LogP contribution in [0.5, 0.6) is 0 Å². The fourth-order valence-corrected chi connectivity index (χ4v) is 2.52. The highest BCUT2D eigenvalue weighted by molar-refractivity contribution is 7.80. The van der Waals surface area contributed by atoms with Crippen molar-refractivity contribution in [1.29, 1.82) is 0 Å². The summed E-state index contributed by atoms with van der Waals surface area (Å²) in [5.74, 6) is -0.836. The molecule has 0 saturated carbocycles. The third kappa shape index (κ3) is 4.78. The highest BCUT2D eigenvalue weighted by Gasteiger charge is 2.16. The van der Waals surface area contributed by atoms with Crippen LogP contribution in [0.1, 0.15) is 22.2 Å². The molecule has 0 fully saturated rings. The Bertz CT molecular complexity index is 514. The van der Waals surface area contributed by atoms with Crippen LogP contribution in [0.25, 0.3) is 0 Å². The average molecular weight is 316 g/mol. The molecule has 0 aliphatic carbocycles. The summed E-state index contributed by atoms with van der Waals surface area (Å²) in [4.78, 5) is 23.7. The van der Waals surface area contributed by atoms with E-state index in [1.165, 1.54) is 18.4 Å². The van der Waals surface area contributed by atoms with Crippen molar-refractivity contribution in [2.45, 2.75) is 13.8 Å². The molecule has 8 heteroatoms. The molecular weight excluding hydrogens is 300 g/mol. The summed E-state index contributed by atoms with van der Waals surface area (Å²) >= 11 is 6.43. The summed E-state index contributed by atoms with van der Waals surface area (Å²) in [5.41, 5.74) is 0.412. The molecule has 2 N–H and O–H groups in total. The van der Waals surface area contributed by atoms with Crippen LogP contribution in [0.15, 0.2) is 6.07 Å². The van der Waals surface area contributed by atoms with E-state index in [4.69, 9.17) is 21.7 Å². The number of carbonyl (C=O) groups is 2. The third-order valence-electron chi connectivity index (χ3n) is 2.19. The Hall–Kier alpha value is -1.67. The van der Waals surface area contributed by atoms with Gasteiger partial charge in [-0.2, -0.15) is 0 Å². The van der Waals surface area contributed by atoms with E-state index in [-0.39, 0.29) is 11.7 Å². The summed E-state index contributed by atoms with van der Waals surface area (Å²) in [6.45, 7) is 3.89. The largest absolute Gasteiger partial charge is 0.465 e. The minimum atomic E-state index is -0.440. The number of thiocarbonyl (C=S) groups is 1. The topological polar surface area (TPSA) is 76.7 Å². The number of rotatable bonds is 5. The van der Waals surface area contributed by atoms with Crippen molar-refractivity contribution in [1.82, 2.24) is 5.32 Å². The van der Waals surface area contributed by atoms with Gasteiger partial charge in [0.25, 0.3) is 0 Å². The quantitative estimate of drug-likeness (QED) is 0.632. The van der Waals surface area contributed by atoms with Crippen LogP contribution in [0.4, 0.5) is 5.00 Å². The fraction of sp³-hybridized carbons (Fsp3) is 0.417. The number of anilines is 1. The van der Waals surface area contributed by atoms with Crippen LogP contribution in [0.2, 0.25) is 0 Å². The van der Waals surface area contributed by atoms with Crippen LogP contribution in [-0.2, 0) is 14.3 Å². The predicted molar refractivity (Wildman–Crippen MR) is 81.3 cm³/mol. The van der Waals surface area contributed by atoms with E-state index in [9.17, 15) is 9.59 Å². The van der Waals surface area contributed by atoms with Gasteiger partial charge in [0.05, 0.1) is 19.3 Å². The fourth-order valence-electron chi connectivity index (χ4n) is 1.38. The SMILES string of the molecule is CCOC(=O)CNC(=S)Nc1sc(C)cc1C(=O)OC. The van der Waals surface area contributed by atoms with Gasteiger partial charge in [0.1, 0.15) is 11.5 Å². The Kier molecular flexibility index (Phi) is 6.40. The van der Waals surface area contributed by atoms with Crippen molar-refractivity contribution >= 4 is 45.6 Å². The molecule has 1 aromatic heterocycles. The molecule has 0 aliphatic rings. The minimum absolute atomic E-state index is 0.0302. The van der Waals surface area contributed by atoms with Gasteiger partial charge in [-0.25, -0.2) is 4.79 Å². The van der Waals surface area contributed by atoms with Gasteiger partial charge in [-0.05, 0) is 32.1 Å². The Balaban J connectivity index is 2.62. The van der Waals surface area contributed by atoms with Gasteiger partial charge < -0.3 is 20.1 Å². The lowest BCUT2D eigenvalue weighted by atomic mass is 10.3. The smallest absolute Gasteiger partial charge is 0.340 e. The maximum absolute atomic E-state index is 11.6. The predicted octanol–water partition coefficient (Wildman–Crippen LogP) is 1.69. The highest BCUT2D eigenvalue weighted by atomic mass is 32.1. The molecule has 1 rings (SSSR count). The highest BCUT2D eigenvalue weighted by Crippen LogP contribution is 2.28. The molecular formula is C12H16N2O4S2. The monoisotopic (exact) mass is 316 g/mol. The zero-order chi connectivity index (χ0) is 15.1. The lowest BCUT2D eigenvalue weighted by Crippen LogP contribution is -2.34. The van der Waals surface area contributed by atoms with Gasteiger partial charge in [-0.1, -0.05) is 0 Å². The van der Waals surface area contributed by atoms with Gasteiger partial charge in [0.15, 0.2) is 5.11 Å². The molecule has 0 unspecified atom stereocenters. The van der Waals surface area contributed by atoms with E-state index in [0.29, 0.717) is 17.2 Å². The second-order valence-electron chi connectivity index (χ2n) is 3.70. The van der Waals surface area contributed by atoms with E-state index in [2.05, 4.69) is 10.6 Å². The Labute approximate surface area is 126 Å². The number of esters is 2. The molecule has 110 valence electrons. The van der Waals surface area contributed by atoms with E-state index in [1.807, 2.05) is 6.92 Å². The summed E-state index contributed by atoms with van der Waals surface area (Å²) in [7, 11) is 1.32. The maximum atomic E-state index is 11.6. The summed E-state index contributed by atoms with van der Waals surface area (Å²) in [5, 5.41) is 6.40. The molecule has 0 bridgehead atoms. The number of nitrogens with one attached hydrogen (secondary N) is 2. The molecule has 0 amide bonds. The first kappa shape index (κ1) is 16.4.